The van der Waals surface area contributed by atoms with Gasteiger partial charge in [-0.1, -0.05) is 12.1 Å². The van der Waals surface area contributed by atoms with Gasteiger partial charge in [0, 0.05) is 24.2 Å². The molecule has 0 radical (unpaired) electrons. The molecule has 0 saturated heterocycles. The lowest BCUT2D eigenvalue weighted by atomic mass is 10.1. The van der Waals surface area contributed by atoms with Crippen LogP contribution in [0.3, 0.4) is 0 Å². The van der Waals surface area contributed by atoms with Crippen LogP contribution in [0, 0.1) is 0 Å². The molecule has 0 aliphatic rings. The van der Waals surface area contributed by atoms with Crippen molar-refractivity contribution >= 4 is 0 Å². The Kier molecular flexibility index (Phi) is 4.37. The third kappa shape index (κ3) is 2.97. The van der Waals surface area contributed by atoms with Crippen LogP contribution >= 0.6 is 0 Å². The summed E-state index contributed by atoms with van der Waals surface area (Å²) in [7, 11) is 3.10. The third-order valence-corrected chi connectivity index (χ3v) is 2.96. The first kappa shape index (κ1) is 14.1. The minimum Gasteiger partial charge on any atom is -0.496 e. The van der Waals surface area contributed by atoms with E-state index in [2.05, 4.69) is 5.10 Å². The Morgan fingerprint density at radius 3 is 2.65 bits per heavy atom. The Balaban J connectivity index is 2.32. The molecule has 0 unspecified atom stereocenters. The monoisotopic (exact) mass is 275 g/mol. The van der Waals surface area contributed by atoms with Crippen molar-refractivity contribution < 1.29 is 9.47 Å². The number of rotatable bonds is 5. The van der Waals surface area contributed by atoms with E-state index in [0.29, 0.717) is 24.7 Å². The lowest BCUT2D eigenvalue weighted by Gasteiger charge is -2.10. The number of aromatic nitrogens is 2. The van der Waals surface area contributed by atoms with Crippen molar-refractivity contribution in [2.75, 3.05) is 14.2 Å². The maximum absolute atomic E-state index is 11.8. The van der Waals surface area contributed by atoms with E-state index in [1.165, 1.54) is 23.9 Å². The molecule has 0 aliphatic heterocycles. The lowest BCUT2D eigenvalue weighted by Crippen LogP contribution is -2.22. The number of nitrogens with two attached hydrogens (primary N) is 1. The van der Waals surface area contributed by atoms with E-state index in [4.69, 9.17) is 15.2 Å². The van der Waals surface area contributed by atoms with E-state index in [-0.39, 0.29) is 5.56 Å². The summed E-state index contributed by atoms with van der Waals surface area (Å²) in [5, 5.41) is 4.10. The van der Waals surface area contributed by atoms with Gasteiger partial charge in [-0.05, 0) is 11.6 Å². The Labute approximate surface area is 116 Å². The molecule has 106 valence electrons. The van der Waals surface area contributed by atoms with Gasteiger partial charge in [0.25, 0.3) is 5.56 Å². The fraction of sp³-hybridized carbons (Fsp3) is 0.286. The highest BCUT2D eigenvalue weighted by molar-refractivity contribution is 5.37. The number of ether oxygens (including phenoxy) is 2. The summed E-state index contributed by atoms with van der Waals surface area (Å²) in [6.07, 6.45) is 0. The maximum Gasteiger partial charge on any atom is 0.267 e. The van der Waals surface area contributed by atoms with Crippen molar-refractivity contribution in [1.29, 1.82) is 0 Å². The Bertz CT molecular complexity index is 652. The van der Waals surface area contributed by atoms with Gasteiger partial charge in [-0.25, -0.2) is 4.68 Å². The molecule has 2 N–H and O–H groups in total. The van der Waals surface area contributed by atoms with Crippen molar-refractivity contribution in [2.24, 2.45) is 5.73 Å². The first-order chi connectivity index (χ1) is 9.67. The van der Waals surface area contributed by atoms with Crippen molar-refractivity contribution in [3.05, 3.63) is 51.8 Å². The number of hydrogen-bond acceptors (Lipinski definition) is 5. The highest BCUT2D eigenvalue weighted by atomic mass is 16.5. The van der Waals surface area contributed by atoms with Crippen molar-refractivity contribution in [3.8, 4) is 11.6 Å². The van der Waals surface area contributed by atoms with Crippen LogP contribution in [-0.2, 0) is 13.1 Å². The Hall–Kier alpha value is -2.34. The van der Waals surface area contributed by atoms with Gasteiger partial charge in [0.05, 0.1) is 20.8 Å². The van der Waals surface area contributed by atoms with Crippen LogP contribution in [0.5, 0.6) is 11.6 Å². The van der Waals surface area contributed by atoms with Gasteiger partial charge in [-0.2, -0.15) is 0 Å². The van der Waals surface area contributed by atoms with Crippen LogP contribution in [0.2, 0.25) is 0 Å². The SMILES string of the molecule is COc1ccc(=O)n(Cc2ccc(CN)c(OC)c2)n1. The largest absolute Gasteiger partial charge is 0.496 e. The van der Waals surface area contributed by atoms with E-state index in [0.717, 1.165) is 11.1 Å². The first-order valence-electron chi connectivity index (χ1n) is 6.16. The van der Waals surface area contributed by atoms with Gasteiger partial charge >= 0.3 is 0 Å². The summed E-state index contributed by atoms with van der Waals surface area (Å²) < 4.78 is 11.6. The topological polar surface area (TPSA) is 79.4 Å². The molecular formula is C14H17N3O3. The quantitative estimate of drug-likeness (QED) is 0.871. The van der Waals surface area contributed by atoms with E-state index >= 15 is 0 Å². The standard InChI is InChI=1S/C14H17N3O3/c1-19-12-7-10(3-4-11(12)8-15)9-17-14(18)6-5-13(16-17)20-2/h3-7H,8-9,15H2,1-2H3. The number of hydrogen-bond donors (Lipinski definition) is 1. The van der Waals surface area contributed by atoms with Crippen LogP contribution in [0.15, 0.2) is 35.1 Å². The molecule has 6 nitrogen and oxygen atoms in total. The zero-order valence-corrected chi connectivity index (χ0v) is 11.5. The Morgan fingerprint density at radius 2 is 2.00 bits per heavy atom. The lowest BCUT2D eigenvalue weighted by molar-refractivity contribution is 0.378. The Morgan fingerprint density at radius 1 is 1.20 bits per heavy atom. The average molecular weight is 275 g/mol. The van der Waals surface area contributed by atoms with Crippen LogP contribution in [0.1, 0.15) is 11.1 Å². The fourth-order valence-electron chi connectivity index (χ4n) is 1.88. The molecule has 2 aromatic rings. The fourth-order valence-corrected chi connectivity index (χ4v) is 1.88. The maximum atomic E-state index is 11.8. The molecule has 20 heavy (non-hydrogen) atoms. The van der Waals surface area contributed by atoms with Crippen LogP contribution in [0.4, 0.5) is 0 Å². The van der Waals surface area contributed by atoms with Gasteiger partial charge in [-0.3, -0.25) is 4.79 Å². The molecule has 0 saturated carbocycles. The summed E-state index contributed by atoms with van der Waals surface area (Å²) >= 11 is 0. The van der Waals surface area contributed by atoms with Crippen molar-refractivity contribution in [2.45, 2.75) is 13.1 Å². The highest BCUT2D eigenvalue weighted by Crippen LogP contribution is 2.20. The van der Waals surface area contributed by atoms with E-state index in [1.807, 2.05) is 18.2 Å². The van der Waals surface area contributed by atoms with Crippen molar-refractivity contribution in [1.82, 2.24) is 9.78 Å². The van der Waals surface area contributed by atoms with E-state index in [1.54, 1.807) is 7.11 Å². The second kappa shape index (κ2) is 6.21. The van der Waals surface area contributed by atoms with Crippen LogP contribution < -0.4 is 20.8 Å². The zero-order chi connectivity index (χ0) is 14.5. The molecule has 1 aromatic carbocycles. The summed E-state index contributed by atoms with van der Waals surface area (Å²) in [5.74, 6) is 1.11. The summed E-state index contributed by atoms with van der Waals surface area (Å²) in [6, 6.07) is 8.61. The molecule has 2 rings (SSSR count). The molecule has 0 amide bonds. The van der Waals surface area contributed by atoms with E-state index in [9.17, 15) is 4.79 Å². The summed E-state index contributed by atoms with van der Waals surface area (Å²) in [5.41, 5.74) is 7.26. The minimum absolute atomic E-state index is 0.187. The molecule has 1 heterocycles. The third-order valence-electron chi connectivity index (χ3n) is 2.96. The van der Waals surface area contributed by atoms with Gasteiger partial charge < -0.3 is 15.2 Å². The molecule has 0 spiro atoms. The van der Waals surface area contributed by atoms with Crippen molar-refractivity contribution in [3.63, 3.8) is 0 Å². The molecule has 6 heteroatoms. The molecular weight excluding hydrogens is 258 g/mol. The predicted molar refractivity (Wildman–Crippen MR) is 75.0 cm³/mol. The zero-order valence-electron chi connectivity index (χ0n) is 11.5. The molecule has 0 aliphatic carbocycles. The smallest absolute Gasteiger partial charge is 0.267 e. The van der Waals surface area contributed by atoms with Gasteiger partial charge in [0.2, 0.25) is 5.88 Å². The highest BCUT2D eigenvalue weighted by Gasteiger charge is 2.06. The predicted octanol–water partition coefficient (Wildman–Crippen LogP) is 0.767. The average Bonchev–Trinajstić information content (AvgIpc) is 2.49. The van der Waals surface area contributed by atoms with Crippen LogP contribution in [0.25, 0.3) is 0 Å². The number of nitrogens with zero attached hydrogens (tertiary/aromatic N) is 2. The molecule has 0 bridgehead atoms. The minimum atomic E-state index is -0.187. The second-order valence-electron chi connectivity index (χ2n) is 4.22. The number of benzene rings is 1. The normalized spacial score (nSPS) is 10.3. The number of methoxy groups -OCH3 is 2. The summed E-state index contributed by atoms with van der Waals surface area (Å²) in [6.45, 7) is 0.748. The van der Waals surface area contributed by atoms with Gasteiger partial charge in [0.15, 0.2) is 0 Å². The summed E-state index contributed by atoms with van der Waals surface area (Å²) in [4.78, 5) is 11.8. The van der Waals surface area contributed by atoms with Crippen LogP contribution in [-0.4, -0.2) is 24.0 Å². The van der Waals surface area contributed by atoms with E-state index < -0.39 is 0 Å². The molecule has 0 fully saturated rings. The molecule has 0 atom stereocenters. The first-order valence-corrected chi connectivity index (χ1v) is 6.16. The van der Waals surface area contributed by atoms with Gasteiger partial charge in [-0.15, -0.1) is 5.10 Å². The van der Waals surface area contributed by atoms with Gasteiger partial charge in [0.1, 0.15) is 5.75 Å². The second-order valence-corrected chi connectivity index (χ2v) is 4.22. The molecule has 1 aromatic heterocycles.